The van der Waals surface area contributed by atoms with Gasteiger partial charge in [0.2, 0.25) is 0 Å². The van der Waals surface area contributed by atoms with E-state index in [1.165, 1.54) is 13.0 Å². The van der Waals surface area contributed by atoms with E-state index in [1.54, 1.807) is 0 Å². The van der Waals surface area contributed by atoms with Crippen molar-refractivity contribution in [3.05, 3.63) is 30.1 Å². The van der Waals surface area contributed by atoms with Crippen molar-refractivity contribution in [2.75, 3.05) is 26.7 Å². The van der Waals surface area contributed by atoms with Gasteiger partial charge in [-0.3, -0.25) is 9.88 Å². The van der Waals surface area contributed by atoms with Gasteiger partial charge in [0.1, 0.15) is 0 Å². The molecule has 3 unspecified atom stereocenters. The molecule has 0 aliphatic carbocycles. The van der Waals surface area contributed by atoms with Gasteiger partial charge in [-0.15, -0.1) is 0 Å². The number of aromatic nitrogens is 1. The van der Waals surface area contributed by atoms with Crippen LogP contribution < -0.4 is 5.73 Å². The summed E-state index contributed by atoms with van der Waals surface area (Å²) in [5.74, 6) is 0. The Morgan fingerprint density at radius 3 is 2.76 bits per heavy atom. The average Bonchev–Trinajstić information content (AvgIpc) is 2.70. The SMILES string of the molecule is CCC(N)C(c1ccccn1)N1CCCN(C)CC1CC. The van der Waals surface area contributed by atoms with Crippen LogP contribution in [0.3, 0.4) is 0 Å². The maximum atomic E-state index is 6.49. The van der Waals surface area contributed by atoms with Gasteiger partial charge in [-0.2, -0.15) is 0 Å². The third-order valence-electron chi connectivity index (χ3n) is 4.64. The minimum absolute atomic E-state index is 0.136. The van der Waals surface area contributed by atoms with Crippen molar-refractivity contribution in [1.29, 1.82) is 0 Å². The Hall–Kier alpha value is -0.970. The van der Waals surface area contributed by atoms with Crippen molar-refractivity contribution in [2.45, 2.75) is 51.2 Å². The molecule has 0 aromatic carbocycles. The number of hydrogen-bond acceptors (Lipinski definition) is 4. The third-order valence-corrected chi connectivity index (χ3v) is 4.64. The highest BCUT2D eigenvalue weighted by Crippen LogP contribution is 2.28. The van der Waals surface area contributed by atoms with Crippen LogP contribution >= 0.6 is 0 Å². The highest BCUT2D eigenvalue weighted by Gasteiger charge is 2.32. The fourth-order valence-electron chi connectivity index (χ4n) is 3.40. The lowest BCUT2D eigenvalue weighted by atomic mass is 9.97. The molecular weight excluding hydrogens is 260 g/mol. The van der Waals surface area contributed by atoms with Gasteiger partial charge >= 0.3 is 0 Å². The first-order valence-corrected chi connectivity index (χ1v) is 8.28. The van der Waals surface area contributed by atoms with Gasteiger partial charge in [0.05, 0.1) is 11.7 Å². The molecule has 0 bridgehead atoms. The monoisotopic (exact) mass is 290 g/mol. The quantitative estimate of drug-likeness (QED) is 0.903. The van der Waals surface area contributed by atoms with E-state index in [2.05, 4.69) is 47.8 Å². The zero-order valence-corrected chi connectivity index (χ0v) is 13.7. The molecule has 2 rings (SSSR count). The molecule has 1 aromatic rings. The van der Waals surface area contributed by atoms with Crippen molar-refractivity contribution < 1.29 is 0 Å². The molecule has 4 nitrogen and oxygen atoms in total. The van der Waals surface area contributed by atoms with Gasteiger partial charge in [0.25, 0.3) is 0 Å². The van der Waals surface area contributed by atoms with Crippen LogP contribution in [0.4, 0.5) is 0 Å². The summed E-state index contributed by atoms with van der Waals surface area (Å²) >= 11 is 0. The fourth-order valence-corrected chi connectivity index (χ4v) is 3.40. The van der Waals surface area contributed by atoms with Crippen LogP contribution in [0.25, 0.3) is 0 Å². The van der Waals surface area contributed by atoms with Gasteiger partial charge in [-0.05, 0) is 45.0 Å². The highest BCUT2D eigenvalue weighted by atomic mass is 15.3. The van der Waals surface area contributed by atoms with Crippen molar-refractivity contribution in [3.8, 4) is 0 Å². The van der Waals surface area contributed by atoms with Crippen molar-refractivity contribution in [2.24, 2.45) is 5.73 Å². The summed E-state index contributed by atoms with van der Waals surface area (Å²) in [5.41, 5.74) is 7.61. The molecule has 1 aliphatic rings. The van der Waals surface area contributed by atoms with Crippen LogP contribution in [0, 0.1) is 0 Å². The van der Waals surface area contributed by atoms with E-state index in [-0.39, 0.29) is 12.1 Å². The summed E-state index contributed by atoms with van der Waals surface area (Å²) in [7, 11) is 2.22. The molecule has 1 fully saturated rings. The van der Waals surface area contributed by atoms with Crippen LogP contribution in [-0.4, -0.2) is 53.5 Å². The summed E-state index contributed by atoms with van der Waals surface area (Å²) in [5, 5.41) is 0. The minimum atomic E-state index is 0.136. The van der Waals surface area contributed by atoms with Crippen molar-refractivity contribution in [1.82, 2.24) is 14.8 Å². The molecule has 0 spiro atoms. The molecule has 4 heteroatoms. The lowest BCUT2D eigenvalue weighted by Crippen LogP contribution is -2.48. The molecule has 1 saturated heterocycles. The van der Waals surface area contributed by atoms with Crippen molar-refractivity contribution in [3.63, 3.8) is 0 Å². The molecule has 3 atom stereocenters. The summed E-state index contributed by atoms with van der Waals surface area (Å²) < 4.78 is 0. The fraction of sp³-hybridized carbons (Fsp3) is 0.706. The normalized spacial score (nSPS) is 24.5. The minimum Gasteiger partial charge on any atom is -0.326 e. The maximum Gasteiger partial charge on any atom is 0.0676 e. The first kappa shape index (κ1) is 16.4. The first-order valence-electron chi connectivity index (χ1n) is 8.28. The molecule has 0 saturated carbocycles. The molecule has 21 heavy (non-hydrogen) atoms. The second kappa shape index (κ2) is 7.87. The van der Waals surface area contributed by atoms with E-state index in [9.17, 15) is 0 Å². The molecule has 0 amide bonds. The molecule has 2 N–H and O–H groups in total. The first-order chi connectivity index (χ1) is 10.2. The number of nitrogens with two attached hydrogens (primary N) is 1. The topological polar surface area (TPSA) is 45.4 Å². The summed E-state index contributed by atoms with van der Waals surface area (Å²) in [4.78, 5) is 9.66. The Balaban J connectivity index is 2.30. The summed E-state index contributed by atoms with van der Waals surface area (Å²) in [6.07, 6.45) is 5.22. The smallest absolute Gasteiger partial charge is 0.0676 e. The van der Waals surface area contributed by atoms with E-state index in [0.717, 1.165) is 31.6 Å². The van der Waals surface area contributed by atoms with Gasteiger partial charge in [0, 0.05) is 31.4 Å². The molecular formula is C17H30N4. The van der Waals surface area contributed by atoms with Gasteiger partial charge in [-0.25, -0.2) is 0 Å². The molecule has 0 radical (unpaired) electrons. The standard InChI is InChI=1S/C17H30N4/c1-4-14-13-20(3)11-8-12-21(14)17(15(18)5-2)16-9-6-7-10-19-16/h6-7,9-10,14-15,17H,4-5,8,11-13,18H2,1-3H3. The second-order valence-electron chi connectivity index (χ2n) is 6.19. The number of nitrogens with zero attached hydrogens (tertiary/aromatic N) is 3. The summed E-state index contributed by atoms with van der Waals surface area (Å²) in [6, 6.07) is 7.10. The number of hydrogen-bond donors (Lipinski definition) is 1. The zero-order valence-electron chi connectivity index (χ0n) is 13.7. The van der Waals surface area contributed by atoms with Crippen LogP contribution in [0.1, 0.15) is 44.8 Å². The van der Waals surface area contributed by atoms with E-state index < -0.39 is 0 Å². The predicted octanol–water partition coefficient (Wildman–Crippen LogP) is 2.28. The number of likely N-dealkylation sites (N-methyl/N-ethyl adjacent to an activating group) is 1. The summed E-state index contributed by atoms with van der Waals surface area (Å²) in [6.45, 7) is 7.85. The highest BCUT2D eigenvalue weighted by molar-refractivity contribution is 5.12. The maximum absolute atomic E-state index is 6.49. The Morgan fingerprint density at radius 2 is 2.14 bits per heavy atom. The zero-order chi connectivity index (χ0) is 15.2. The number of pyridine rings is 1. The molecule has 2 heterocycles. The molecule has 1 aromatic heterocycles. The largest absolute Gasteiger partial charge is 0.326 e. The van der Waals surface area contributed by atoms with E-state index >= 15 is 0 Å². The van der Waals surface area contributed by atoms with Gasteiger partial charge in [-0.1, -0.05) is 19.9 Å². The van der Waals surface area contributed by atoms with Crippen LogP contribution in [0.15, 0.2) is 24.4 Å². The molecule has 118 valence electrons. The Labute approximate surface area is 129 Å². The third kappa shape index (κ3) is 4.02. The number of rotatable bonds is 5. The van der Waals surface area contributed by atoms with Gasteiger partial charge in [0.15, 0.2) is 0 Å². The second-order valence-corrected chi connectivity index (χ2v) is 6.19. The average molecular weight is 290 g/mol. The van der Waals surface area contributed by atoms with Crippen LogP contribution in [0.2, 0.25) is 0 Å². The Bertz CT molecular complexity index is 409. The van der Waals surface area contributed by atoms with E-state index in [0.29, 0.717) is 6.04 Å². The molecule has 1 aliphatic heterocycles. The lowest BCUT2D eigenvalue weighted by molar-refractivity contribution is 0.106. The Morgan fingerprint density at radius 1 is 1.33 bits per heavy atom. The van der Waals surface area contributed by atoms with Crippen LogP contribution in [-0.2, 0) is 0 Å². The Kier molecular flexibility index (Phi) is 6.15. The van der Waals surface area contributed by atoms with Crippen molar-refractivity contribution >= 4 is 0 Å². The van der Waals surface area contributed by atoms with Crippen LogP contribution in [0.5, 0.6) is 0 Å². The van der Waals surface area contributed by atoms with E-state index in [1.807, 2.05) is 12.3 Å². The predicted molar refractivity (Wildman–Crippen MR) is 88.1 cm³/mol. The lowest BCUT2D eigenvalue weighted by Gasteiger charge is -2.39. The van der Waals surface area contributed by atoms with E-state index in [4.69, 9.17) is 5.73 Å². The van der Waals surface area contributed by atoms with Gasteiger partial charge < -0.3 is 10.6 Å².